The van der Waals surface area contributed by atoms with Gasteiger partial charge in [0.25, 0.3) is 5.91 Å². The molecule has 0 aliphatic carbocycles. The fraction of sp³-hybridized carbons (Fsp3) is 0.471. The van der Waals surface area contributed by atoms with Gasteiger partial charge in [-0.05, 0) is 37.1 Å². The first-order chi connectivity index (χ1) is 12.0. The van der Waals surface area contributed by atoms with E-state index in [2.05, 4.69) is 5.32 Å². The van der Waals surface area contributed by atoms with E-state index in [0.29, 0.717) is 13.1 Å². The Morgan fingerprint density at radius 3 is 2.48 bits per heavy atom. The number of hydrogen-bond acceptors (Lipinski definition) is 4. The molecule has 2 aliphatic rings. The van der Waals surface area contributed by atoms with Crippen LogP contribution in [0.1, 0.15) is 19.3 Å². The van der Waals surface area contributed by atoms with Gasteiger partial charge in [-0.2, -0.15) is 0 Å². The molecule has 1 aromatic rings. The summed E-state index contributed by atoms with van der Waals surface area (Å²) in [6.45, 7) is 1.15. The summed E-state index contributed by atoms with van der Waals surface area (Å²) in [5, 5.41) is 2.53. The van der Waals surface area contributed by atoms with Crippen molar-refractivity contribution in [3.05, 3.63) is 30.1 Å². The third-order valence-corrected chi connectivity index (χ3v) is 4.61. The maximum Gasteiger partial charge on any atom is 0.329 e. The number of likely N-dealkylation sites (tertiary alicyclic amines) is 1. The molecule has 0 aromatic heterocycles. The van der Waals surface area contributed by atoms with E-state index in [0.717, 1.165) is 17.7 Å². The quantitative estimate of drug-likeness (QED) is 0.831. The lowest BCUT2D eigenvalue weighted by atomic mass is 10.1. The molecule has 0 unspecified atom stereocenters. The van der Waals surface area contributed by atoms with E-state index in [1.807, 2.05) is 0 Å². The van der Waals surface area contributed by atoms with Gasteiger partial charge in [0, 0.05) is 20.2 Å². The van der Waals surface area contributed by atoms with Gasteiger partial charge >= 0.3 is 6.03 Å². The molecule has 7 nitrogen and oxygen atoms in total. The lowest BCUT2D eigenvalue weighted by Gasteiger charge is -2.31. The number of carbonyl (C=O) groups excluding carboxylic acids is 3. The van der Waals surface area contributed by atoms with E-state index < -0.39 is 23.8 Å². The van der Waals surface area contributed by atoms with E-state index in [9.17, 15) is 18.8 Å². The van der Waals surface area contributed by atoms with Crippen molar-refractivity contribution >= 4 is 23.5 Å². The molecule has 2 aliphatic heterocycles. The predicted molar refractivity (Wildman–Crippen MR) is 87.4 cm³/mol. The van der Waals surface area contributed by atoms with Gasteiger partial charge in [-0.1, -0.05) is 0 Å². The van der Waals surface area contributed by atoms with Crippen molar-refractivity contribution in [1.29, 1.82) is 0 Å². The van der Waals surface area contributed by atoms with E-state index in [1.165, 1.54) is 24.3 Å². The van der Waals surface area contributed by atoms with Crippen molar-refractivity contribution in [2.45, 2.75) is 31.4 Å². The number of rotatable bonds is 4. The monoisotopic (exact) mass is 349 g/mol. The molecule has 8 heteroatoms. The number of hydrogen-bond donors (Lipinski definition) is 1. The van der Waals surface area contributed by atoms with Gasteiger partial charge in [-0.15, -0.1) is 0 Å². The number of urea groups is 1. The number of anilines is 1. The number of nitrogens with zero attached hydrogens (tertiary/aromatic N) is 2. The minimum atomic E-state index is -0.898. The van der Waals surface area contributed by atoms with Gasteiger partial charge in [-0.25, -0.2) is 14.1 Å². The number of methoxy groups -OCH3 is 1. The number of imide groups is 1. The van der Waals surface area contributed by atoms with Gasteiger partial charge in [0.2, 0.25) is 5.91 Å². The minimum Gasteiger partial charge on any atom is -0.381 e. The first kappa shape index (κ1) is 17.3. The zero-order valence-corrected chi connectivity index (χ0v) is 13.9. The summed E-state index contributed by atoms with van der Waals surface area (Å²) in [6, 6.07) is 3.56. The molecule has 2 fully saturated rings. The molecule has 0 spiro atoms. The Morgan fingerprint density at radius 1 is 1.24 bits per heavy atom. The predicted octanol–water partition coefficient (Wildman–Crippen LogP) is 1.28. The van der Waals surface area contributed by atoms with Crippen molar-refractivity contribution in [3.8, 4) is 0 Å². The van der Waals surface area contributed by atoms with E-state index in [1.54, 1.807) is 12.0 Å². The highest BCUT2D eigenvalue weighted by Crippen LogP contribution is 2.22. The highest BCUT2D eigenvalue weighted by Gasteiger charge is 2.40. The maximum absolute atomic E-state index is 13.0. The Balaban J connectivity index is 1.62. The average Bonchev–Trinajstić information content (AvgIpc) is 2.89. The number of nitrogens with one attached hydrogen (secondary N) is 1. The Labute approximate surface area is 144 Å². The van der Waals surface area contributed by atoms with Crippen LogP contribution < -0.4 is 10.2 Å². The van der Waals surface area contributed by atoms with Crippen molar-refractivity contribution < 1.29 is 23.5 Å². The van der Waals surface area contributed by atoms with Crippen molar-refractivity contribution in [3.63, 3.8) is 0 Å². The molecule has 4 amide bonds. The first-order valence-electron chi connectivity index (χ1n) is 8.20. The molecule has 2 saturated heterocycles. The number of halogens is 1. The van der Waals surface area contributed by atoms with Crippen LogP contribution >= 0.6 is 0 Å². The number of benzene rings is 1. The molecular formula is C17H20FN3O4. The molecule has 2 heterocycles. The summed E-state index contributed by atoms with van der Waals surface area (Å²) >= 11 is 0. The lowest BCUT2D eigenvalue weighted by Crippen LogP contribution is -2.44. The molecule has 1 N–H and O–H groups in total. The number of ether oxygens (including phenoxy) is 1. The van der Waals surface area contributed by atoms with Crippen LogP contribution in [0.25, 0.3) is 0 Å². The normalized spacial score (nSPS) is 21.6. The third kappa shape index (κ3) is 3.63. The van der Waals surface area contributed by atoms with Crippen LogP contribution in [0.5, 0.6) is 0 Å². The molecule has 0 radical (unpaired) electrons. The van der Waals surface area contributed by atoms with Crippen LogP contribution in [0, 0.1) is 5.82 Å². The second kappa shape index (κ2) is 7.18. The van der Waals surface area contributed by atoms with Crippen LogP contribution in [-0.4, -0.2) is 55.1 Å². The fourth-order valence-corrected chi connectivity index (χ4v) is 3.15. The molecule has 0 bridgehead atoms. The topological polar surface area (TPSA) is 79.0 Å². The first-order valence-corrected chi connectivity index (χ1v) is 8.20. The summed E-state index contributed by atoms with van der Waals surface area (Å²) in [7, 11) is 1.65. The number of carbonyl (C=O) groups is 3. The Hall–Kier alpha value is -2.48. The Kier molecular flexibility index (Phi) is 4.98. The van der Waals surface area contributed by atoms with Crippen LogP contribution in [0.15, 0.2) is 24.3 Å². The standard InChI is InChI=1S/C17H20FN3O4/c1-25-13-6-8-20(9-7-13)15(22)10-14-16(23)21(17(24)19-14)12-4-2-11(18)3-5-12/h2-5,13-14H,6-10H2,1H3,(H,19,24)/t14-/m1/s1. The largest absolute Gasteiger partial charge is 0.381 e. The van der Waals surface area contributed by atoms with E-state index in [4.69, 9.17) is 4.74 Å². The van der Waals surface area contributed by atoms with Gasteiger partial charge in [0.15, 0.2) is 0 Å². The van der Waals surface area contributed by atoms with Gasteiger partial charge in [-0.3, -0.25) is 9.59 Å². The van der Waals surface area contributed by atoms with E-state index in [-0.39, 0.29) is 24.1 Å². The smallest absolute Gasteiger partial charge is 0.329 e. The van der Waals surface area contributed by atoms with Gasteiger partial charge < -0.3 is 15.0 Å². The maximum atomic E-state index is 13.0. The van der Waals surface area contributed by atoms with Gasteiger partial charge in [0.1, 0.15) is 11.9 Å². The highest BCUT2D eigenvalue weighted by atomic mass is 19.1. The minimum absolute atomic E-state index is 0.0834. The molecule has 3 rings (SSSR count). The summed E-state index contributed by atoms with van der Waals surface area (Å²) in [5.41, 5.74) is 0.278. The van der Waals surface area contributed by atoms with E-state index >= 15 is 0 Å². The average molecular weight is 349 g/mol. The Morgan fingerprint density at radius 2 is 1.88 bits per heavy atom. The van der Waals surface area contributed by atoms with Crippen molar-refractivity contribution in [1.82, 2.24) is 10.2 Å². The van der Waals surface area contributed by atoms with Crippen LogP contribution in [0.3, 0.4) is 0 Å². The SMILES string of the molecule is COC1CCN(C(=O)C[C@H]2NC(=O)N(c3ccc(F)cc3)C2=O)CC1. The lowest BCUT2D eigenvalue weighted by molar-refractivity contribution is -0.135. The molecular weight excluding hydrogens is 329 g/mol. The molecule has 25 heavy (non-hydrogen) atoms. The van der Waals surface area contributed by atoms with Crippen LogP contribution in [0.2, 0.25) is 0 Å². The summed E-state index contributed by atoms with van der Waals surface area (Å²) in [6.07, 6.45) is 1.59. The highest BCUT2D eigenvalue weighted by molar-refractivity contribution is 6.22. The van der Waals surface area contributed by atoms with Crippen molar-refractivity contribution in [2.24, 2.45) is 0 Å². The Bertz CT molecular complexity index is 671. The third-order valence-electron chi connectivity index (χ3n) is 4.61. The van der Waals surface area contributed by atoms with Crippen LogP contribution in [-0.2, 0) is 14.3 Å². The molecule has 134 valence electrons. The zero-order valence-electron chi connectivity index (χ0n) is 13.9. The second-order valence-electron chi connectivity index (χ2n) is 6.17. The molecule has 1 atom stereocenters. The molecule has 1 aromatic carbocycles. The fourth-order valence-electron chi connectivity index (χ4n) is 3.15. The number of piperidine rings is 1. The second-order valence-corrected chi connectivity index (χ2v) is 6.17. The van der Waals surface area contributed by atoms with Crippen molar-refractivity contribution in [2.75, 3.05) is 25.1 Å². The zero-order chi connectivity index (χ0) is 18.0. The summed E-state index contributed by atoms with van der Waals surface area (Å²) in [4.78, 5) is 39.6. The van der Waals surface area contributed by atoms with Crippen LogP contribution in [0.4, 0.5) is 14.9 Å². The number of amides is 4. The summed E-state index contributed by atoms with van der Waals surface area (Å²) in [5.74, 6) is -1.13. The molecule has 0 saturated carbocycles. The van der Waals surface area contributed by atoms with Gasteiger partial charge in [0.05, 0.1) is 18.2 Å². The summed E-state index contributed by atoms with van der Waals surface area (Å²) < 4.78 is 18.3.